The third-order valence-corrected chi connectivity index (χ3v) is 3.63. The molecule has 0 fully saturated rings. The molecule has 0 aliphatic rings. The van der Waals surface area contributed by atoms with Crippen molar-refractivity contribution in [2.75, 3.05) is 6.54 Å². The van der Waals surface area contributed by atoms with E-state index in [1.54, 1.807) is 11.3 Å². The standard InChI is InChI=1S/C12H22N2S/c1-9(2)14-6-11(4)10(3)5-12-7-13-8-15-12/h7-11,14H,5-6H2,1-4H3. The first kappa shape index (κ1) is 12.7. The van der Waals surface area contributed by atoms with E-state index in [0.717, 1.165) is 24.8 Å². The molecule has 0 aliphatic heterocycles. The second-order valence-electron chi connectivity index (χ2n) is 4.69. The molecule has 2 atom stereocenters. The molecule has 1 aromatic heterocycles. The Morgan fingerprint density at radius 2 is 2.00 bits per heavy atom. The number of thiazole rings is 1. The number of hydrogen-bond donors (Lipinski definition) is 1. The van der Waals surface area contributed by atoms with E-state index in [1.165, 1.54) is 4.88 Å². The Hall–Kier alpha value is -0.410. The van der Waals surface area contributed by atoms with E-state index in [2.05, 4.69) is 38.0 Å². The van der Waals surface area contributed by atoms with Crippen molar-refractivity contribution < 1.29 is 0 Å². The molecule has 2 nitrogen and oxygen atoms in total. The van der Waals surface area contributed by atoms with Crippen molar-refractivity contribution in [3.8, 4) is 0 Å². The van der Waals surface area contributed by atoms with Crippen LogP contribution in [0.5, 0.6) is 0 Å². The first-order chi connectivity index (χ1) is 7.09. The normalized spacial score (nSPS) is 15.5. The van der Waals surface area contributed by atoms with Crippen molar-refractivity contribution in [2.24, 2.45) is 11.8 Å². The molecule has 1 aromatic rings. The summed E-state index contributed by atoms with van der Waals surface area (Å²) in [6.45, 7) is 10.1. The van der Waals surface area contributed by atoms with E-state index in [1.807, 2.05) is 11.7 Å². The number of hydrogen-bond acceptors (Lipinski definition) is 3. The molecule has 0 aromatic carbocycles. The van der Waals surface area contributed by atoms with Gasteiger partial charge in [0.15, 0.2) is 0 Å². The van der Waals surface area contributed by atoms with E-state index >= 15 is 0 Å². The van der Waals surface area contributed by atoms with Crippen LogP contribution in [0.2, 0.25) is 0 Å². The summed E-state index contributed by atoms with van der Waals surface area (Å²) < 4.78 is 0. The molecule has 0 saturated heterocycles. The molecule has 15 heavy (non-hydrogen) atoms. The van der Waals surface area contributed by atoms with Crippen molar-refractivity contribution in [3.63, 3.8) is 0 Å². The van der Waals surface area contributed by atoms with Gasteiger partial charge in [0.05, 0.1) is 5.51 Å². The molecule has 3 heteroatoms. The van der Waals surface area contributed by atoms with Gasteiger partial charge in [0.2, 0.25) is 0 Å². The summed E-state index contributed by atoms with van der Waals surface area (Å²) in [6.07, 6.45) is 3.15. The van der Waals surface area contributed by atoms with Gasteiger partial charge in [0.1, 0.15) is 0 Å². The molecule has 1 N–H and O–H groups in total. The highest BCUT2D eigenvalue weighted by molar-refractivity contribution is 7.09. The van der Waals surface area contributed by atoms with E-state index in [0.29, 0.717) is 6.04 Å². The maximum atomic E-state index is 4.11. The van der Waals surface area contributed by atoms with Crippen LogP contribution in [-0.2, 0) is 6.42 Å². The molecule has 1 heterocycles. The molecule has 86 valence electrons. The van der Waals surface area contributed by atoms with Gasteiger partial charge in [-0.3, -0.25) is 4.98 Å². The predicted molar refractivity (Wildman–Crippen MR) is 67.3 cm³/mol. The van der Waals surface area contributed by atoms with E-state index in [-0.39, 0.29) is 0 Å². The molecule has 0 bridgehead atoms. The van der Waals surface area contributed by atoms with Crippen molar-refractivity contribution in [1.29, 1.82) is 0 Å². The number of aromatic nitrogens is 1. The van der Waals surface area contributed by atoms with Gasteiger partial charge in [0, 0.05) is 17.1 Å². The smallest absolute Gasteiger partial charge is 0.0794 e. The lowest BCUT2D eigenvalue weighted by Gasteiger charge is -2.21. The molecule has 0 amide bonds. The number of rotatable bonds is 6. The summed E-state index contributed by atoms with van der Waals surface area (Å²) in [5.41, 5.74) is 1.92. The van der Waals surface area contributed by atoms with Crippen LogP contribution in [-0.4, -0.2) is 17.6 Å². The van der Waals surface area contributed by atoms with Gasteiger partial charge >= 0.3 is 0 Å². The maximum absolute atomic E-state index is 4.11. The average Bonchev–Trinajstić information content (AvgIpc) is 2.66. The summed E-state index contributed by atoms with van der Waals surface area (Å²) in [7, 11) is 0. The van der Waals surface area contributed by atoms with E-state index < -0.39 is 0 Å². The second kappa shape index (κ2) is 6.23. The second-order valence-corrected chi connectivity index (χ2v) is 5.66. The predicted octanol–water partition coefficient (Wildman–Crippen LogP) is 2.96. The van der Waals surface area contributed by atoms with Crippen molar-refractivity contribution in [3.05, 3.63) is 16.6 Å². The highest BCUT2D eigenvalue weighted by Gasteiger charge is 2.13. The van der Waals surface area contributed by atoms with Gasteiger partial charge < -0.3 is 5.32 Å². The Kier molecular flexibility index (Phi) is 5.26. The minimum absolute atomic E-state index is 0.586. The lowest BCUT2D eigenvalue weighted by molar-refractivity contribution is 0.355. The molecule has 0 radical (unpaired) electrons. The minimum atomic E-state index is 0.586. The zero-order valence-electron chi connectivity index (χ0n) is 10.2. The van der Waals surface area contributed by atoms with Gasteiger partial charge in [-0.15, -0.1) is 11.3 Å². The SMILES string of the molecule is CC(C)NCC(C)C(C)Cc1cncs1. The summed E-state index contributed by atoms with van der Waals surface area (Å²) in [4.78, 5) is 5.51. The van der Waals surface area contributed by atoms with Gasteiger partial charge in [-0.2, -0.15) is 0 Å². The third kappa shape index (κ3) is 4.76. The minimum Gasteiger partial charge on any atom is -0.314 e. The van der Waals surface area contributed by atoms with Crippen LogP contribution in [0, 0.1) is 11.8 Å². The van der Waals surface area contributed by atoms with Gasteiger partial charge in [0.25, 0.3) is 0 Å². The molecule has 0 saturated carbocycles. The van der Waals surface area contributed by atoms with Crippen molar-refractivity contribution >= 4 is 11.3 Å². The average molecular weight is 226 g/mol. The van der Waals surface area contributed by atoms with Gasteiger partial charge in [-0.05, 0) is 24.8 Å². The Morgan fingerprint density at radius 3 is 2.53 bits per heavy atom. The molecule has 0 spiro atoms. The monoisotopic (exact) mass is 226 g/mol. The van der Waals surface area contributed by atoms with Crippen molar-refractivity contribution in [2.45, 2.75) is 40.2 Å². The first-order valence-electron chi connectivity index (χ1n) is 5.70. The quantitative estimate of drug-likeness (QED) is 0.806. The molecule has 2 unspecified atom stereocenters. The Balaban J connectivity index is 2.30. The number of nitrogens with zero attached hydrogens (tertiary/aromatic N) is 1. The highest BCUT2D eigenvalue weighted by Crippen LogP contribution is 2.18. The van der Waals surface area contributed by atoms with Crippen molar-refractivity contribution in [1.82, 2.24) is 10.3 Å². The topological polar surface area (TPSA) is 24.9 Å². The summed E-state index contributed by atoms with van der Waals surface area (Å²) in [5, 5.41) is 3.49. The molecule has 1 rings (SSSR count). The van der Waals surface area contributed by atoms with Gasteiger partial charge in [-0.1, -0.05) is 27.7 Å². The fraction of sp³-hybridized carbons (Fsp3) is 0.750. The fourth-order valence-corrected chi connectivity index (χ4v) is 2.22. The Morgan fingerprint density at radius 1 is 1.27 bits per heavy atom. The fourth-order valence-electron chi connectivity index (χ4n) is 1.48. The lowest BCUT2D eigenvalue weighted by Crippen LogP contribution is -2.30. The zero-order chi connectivity index (χ0) is 11.3. The van der Waals surface area contributed by atoms with Crippen LogP contribution in [0.1, 0.15) is 32.6 Å². The van der Waals surface area contributed by atoms with Crippen LogP contribution in [0.25, 0.3) is 0 Å². The highest BCUT2D eigenvalue weighted by atomic mass is 32.1. The summed E-state index contributed by atoms with van der Waals surface area (Å²) >= 11 is 1.76. The largest absolute Gasteiger partial charge is 0.314 e. The van der Waals surface area contributed by atoms with Crippen LogP contribution in [0.4, 0.5) is 0 Å². The first-order valence-corrected chi connectivity index (χ1v) is 6.58. The van der Waals surface area contributed by atoms with E-state index in [9.17, 15) is 0 Å². The molecular formula is C12H22N2S. The summed E-state index contributed by atoms with van der Waals surface area (Å²) in [5.74, 6) is 1.44. The van der Waals surface area contributed by atoms with Crippen LogP contribution < -0.4 is 5.32 Å². The summed E-state index contributed by atoms with van der Waals surface area (Å²) in [6, 6.07) is 0.586. The maximum Gasteiger partial charge on any atom is 0.0794 e. The zero-order valence-corrected chi connectivity index (χ0v) is 11.0. The Labute approximate surface area is 97.1 Å². The van der Waals surface area contributed by atoms with Crippen LogP contribution in [0.15, 0.2) is 11.7 Å². The molecular weight excluding hydrogens is 204 g/mol. The lowest BCUT2D eigenvalue weighted by atomic mass is 9.92. The third-order valence-electron chi connectivity index (χ3n) is 2.83. The Bertz CT molecular complexity index is 257. The number of nitrogens with one attached hydrogen (secondary N) is 1. The van der Waals surface area contributed by atoms with Crippen LogP contribution >= 0.6 is 11.3 Å². The van der Waals surface area contributed by atoms with E-state index in [4.69, 9.17) is 0 Å². The van der Waals surface area contributed by atoms with Crippen LogP contribution in [0.3, 0.4) is 0 Å². The molecule has 0 aliphatic carbocycles. The van der Waals surface area contributed by atoms with Gasteiger partial charge in [-0.25, -0.2) is 0 Å².